The Hall–Kier alpha value is -1.36. The van der Waals surface area contributed by atoms with Gasteiger partial charge in [0, 0.05) is 36.9 Å². The molecule has 1 fully saturated rings. The number of piperidine rings is 1. The first kappa shape index (κ1) is 18.0. The molecule has 4 nitrogen and oxygen atoms in total. The highest BCUT2D eigenvalue weighted by Gasteiger charge is 2.26. The largest absolute Gasteiger partial charge is 0.353 e. The molecule has 1 aliphatic rings. The van der Waals surface area contributed by atoms with Crippen molar-refractivity contribution in [1.29, 1.82) is 0 Å². The number of carbonyl (C=O) groups excluding carboxylic acids is 2. The summed E-state index contributed by atoms with van der Waals surface area (Å²) in [7, 11) is 0. The zero-order valence-corrected chi connectivity index (χ0v) is 15.2. The van der Waals surface area contributed by atoms with E-state index in [-0.39, 0.29) is 23.3 Å². The molecular weight excluding hydrogens is 308 g/mol. The molecule has 1 aliphatic heterocycles. The molecule has 1 aromatic heterocycles. The predicted molar refractivity (Wildman–Crippen MR) is 94.5 cm³/mol. The second-order valence-electron chi connectivity index (χ2n) is 7.54. The van der Waals surface area contributed by atoms with Crippen LogP contribution in [0.25, 0.3) is 0 Å². The molecule has 0 atom stereocenters. The minimum atomic E-state index is 0.0317. The molecule has 5 heteroatoms. The molecule has 1 N–H and O–H groups in total. The molecule has 0 aromatic carbocycles. The van der Waals surface area contributed by atoms with Gasteiger partial charge in [0.05, 0.1) is 0 Å². The van der Waals surface area contributed by atoms with Crippen molar-refractivity contribution in [2.75, 3.05) is 13.1 Å². The van der Waals surface area contributed by atoms with Crippen molar-refractivity contribution >= 4 is 23.2 Å². The Labute approximate surface area is 143 Å². The summed E-state index contributed by atoms with van der Waals surface area (Å²) in [5.41, 5.74) is 0.0317. The van der Waals surface area contributed by atoms with Crippen molar-refractivity contribution in [2.24, 2.45) is 5.41 Å². The summed E-state index contributed by atoms with van der Waals surface area (Å²) >= 11 is 1.69. The van der Waals surface area contributed by atoms with E-state index in [1.807, 2.05) is 16.3 Å². The van der Waals surface area contributed by atoms with E-state index >= 15 is 0 Å². The number of amides is 2. The van der Waals surface area contributed by atoms with Crippen molar-refractivity contribution in [3.05, 3.63) is 22.4 Å². The van der Waals surface area contributed by atoms with Crippen LogP contribution in [0.15, 0.2) is 17.5 Å². The van der Waals surface area contributed by atoms with Gasteiger partial charge in [-0.3, -0.25) is 9.59 Å². The quantitative estimate of drug-likeness (QED) is 0.897. The molecule has 1 saturated heterocycles. The van der Waals surface area contributed by atoms with Crippen molar-refractivity contribution in [3.8, 4) is 0 Å². The highest BCUT2D eigenvalue weighted by molar-refractivity contribution is 7.09. The molecule has 0 saturated carbocycles. The topological polar surface area (TPSA) is 49.4 Å². The van der Waals surface area contributed by atoms with Gasteiger partial charge in [-0.05, 0) is 36.1 Å². The third-order valence-electron chi connectivity index (χ3n) is 4.07. The summed E-state index contributed by atoms with van der Waals surface area (Å²) in [5, 5.41) is 5.16. The minimum absolute atomic E-state index is 0.0317. The third kappa shape index (κ3) is 6.34. The molecule has 2 heterocycles. The fourth-order valence-electron chi connectivity index (χ4n) is 2.83. The van der Waals surface area contributed by atoms with Gasteiger partial charge < -0.3 is 10.2 Å². The van der Waals surface area contributed by atoms with Crippen LogP contribution >= 0.6 is 11.3 Å². The fraction of sp³-hybridized carbons (Fsp3) is 0.667. The van der Waals surface area contributed by atoms with Gasteiger partial charge in [0.1, 0.15) is 0 Å². The lowest BCUT2D eigenvalue weighted by molar-refractivity contribution is -0.134. The average molecular weight is 337 g/mol. The first-order valence-corrected chi connectivity index (χ1v) is 9.31. The summed E-state index contributed by atoms with van der Waals surface area (Å²) in [6.45, 7) is 7.78. The lowest BCUT2D eigenvalue weighted by Crippen LogP contribution is -2.47. The van der Waals surface area contributed by atoms with Crippen LogP contribution in [0.5, 0.6) is 0 Å². The number of rotatable bonds is 5. The summed E-state index contributed by atoms with van der Waals surface area (Å²) in [4.78, 5) is 27.4. The van der Waals surface area contributed by atoms with Crippen LogP contribution < -0.4 is 5.32 Å². The first-order chi connectivity index (χ1) is 10.8. The molecule has 0 bridgehead atoms. The Morgan fingerprint density at radius 2 is 2.00 bits per heavy atom. The maximum Gasteiger partial charge on any atom is 0.223 e. The van der Waals surface area contributed by atoms with E-state index in [0.29, 0.717) is 12.8 Å². The van der Waals surface area contributed by atoms with Crippen molar-refractivity contribution in [2.45, 2.75) is 58.9 Å². The van der Waals surface area contributed by atoms with Gasteiger partial charge in [0.2, 0.25) is 11.8 Å². The van der Waals surface area contributed by atoms with Crippen LogP contribution in [-0.4, -0.2) is 35.8 Å². The SMILES string of the molecule is CC(C)(C)CC(=O)N1CCC(NC(=O)CCc2cccs2)CC1. The molecule has 2 amide bonds. The molecule has 0 unspecified atom stereocenters. The standard InChI is InChI=1S/C18H28N2O2S/c1-18(2,3)13-17(22)20-10-8-14(9-11-20)19-16(21)7-6-15-5-4-12-23-15/h4-5,12,14H,6-11,13H2,1-3H3,(H,19,21). The number of thiophene rings is 1. The number of aryl methyl sites for hydroxylation is 1. The zero-order chi connectivity index (χ0) is 16.9. The number of carbonyl (C=O) groups is 2. The van der Waals surface area contributed by atoms with E-state index in [4.69, 9.17) is 0 Å². The maximum absolute atomic E-state index is 12.2. The molecule has 0 radical (unpaired) electrons. The fourth-order valence-corrected chi connectivity index (χ4v) is 3.54. The minimum Gasteiger partial charge on any atom is -0.353 e. The van der Waals surface area contributed by atoms with Crippen LogP contribution in [0.4, 0.5) is 0 Å². The lowest BCUT2D eigenvalue weighted by atomic mass is 9.91. The second kappa shape index (κ2) is 7.95. The van der Waals surface area contributed by atoms with Crippen molar-refractivity contribution < 1.29 is 9.59 Å². The molecule has 1 aromatic rings. The summed E-state index contributed by atoms with van der Waals surface area (Å²) < 4.78 is 0. The van der Waals surface area contributed by atoms with E-state index in [9.17, 15) is 9.59 Å². The Kier molecular flexibility index (Phi) is 6.22. The number of hydrogen-bond donors (Lipinski definition) is 1. The van der Waals surface area contributed by atoms with Crippen molar-refractivity contribution in [3.63, 3.8) is 0 Å². The Balaban J connectivity index is 1.68. The lowest BCUT2D eigenvalue weighted by Gasteiger charge is -2.34. The van der Waals surface area contributed by atoms with Gasteiger partial charge in [-0.2, -0.15) is 0 Å². The molecule has 0 spiro atoms. The molecule has 2 rings (SSSR count). The smallest absolute Gasteiger partial charge is 0.223 e. The Morgan fingerprint density at radius 3 is 2.57 bits per heavy atom. The number of hydrogen-bond acceptors (Lipinski definition) is 3. The zero-order valence-electron chi connectivity index (χ0n) is 14.4. The van der Waals surface area contributed by atoms with Gasteiger partial charge in [-0.1, -0.05) is 26.8 Å². The number of likely N-dealkylation sites (tertiary alicyclic amines) is 1. The molecular formula is C18H28N2O2S. The molecule has 23 heavy (non-hydrogen) atoms. The highest BCUT2D eigenvalue weighted by atomic mass is 32.1. The molecule has 0 aliphatic carbocycles. The van der Waals surface area contributed by atoms with E-state index < -0.39 is 0 Å². The maximum atomic E-state index is 12.2. The van der Waals surface area contributed by atoms with E-state index in [0.717, 1.165) is 32.4 Å². The Morgan fingerprint density at radius 1 is 1.30 bits per heavy atom. The van der Waals surface area contributed by atoms with Gasteiger partial charge in [-0.15, -0.1) is 11.3 Å². The van der Waals surface area contributed by atoms with Gasteiger partial charge >= 0.3 is 0 Å². The monoisotopic (exact) mass is 336 g/mol. The van der Waals surface area contributed by atoms with Crippen LogP contribution in [0.3, 0.4) is 0 Å². The van der Waals surface area contributed by atoms with Gasteiger partial charge in [0.15, 0.2) is 0 Å². The third-order valence-corrected chi connectivity index (χ3v) is 5.01. The van der Waals surface area contributed by atoms with Gasteiger partial charge in [0.25, 0.3) is 0 Å². The number of nitrogens with one attached hydrogen (secondary N) is 1. The summed E-state index contributed by atoms with van der Waals surface area (Å²) in [6, 6.07) is 4.30. The summed E-state index contributed by atoms with van der Waals surface area (Å²) in [6.07, 6.45) is 3.67. The number of nitrogens with zero attached hydrogens (tertiary/aromatic N) is 1. The average Bonchev–Trinajstić information content (AvgIpc) is 2.97. The van der Waals surface area contributed by atoms with Crippen molar-refractivity contribution in [1.82, 2.24) is 10.2 Å². The van der Waals surface area contributed by atoms with E-state index in [2.05, 4.69) is 32.2 Å². The van der Waals surface area contributed by atoms with E-state index in [1.165, 1.54) is 4.88 Å². The van der Waals surface area contributed by atoms with Crippen LogP contribution in [0.1, 0.15) is 51.3 Å². The Bertz CT molecular complexity index is 512. The predicted octanol–water partition coefficient (Wildman–Crippen LogP) is 3.22. The molecule has 128 valence electrons. The van der Waals surface area contributed by atoms with Gasteiger partial charge in [-0.25, -0.2) is 0 Å². The highest BCUT2D eigenvalue weighted by Crippen LogP contribution is 2.21. The van der Waals surface area contributed by atoms with Crippen LogP contribution in [-0.2, 0) is 16.0 Å². The van der Waals surface area contributed by atoms with Crippen LogP contribution in [0.2, 0.25) is 0 Å². The van der Waals surface area contributed by atoms with E-state index in [1.54, 1.807) is 11.3 Å². The van der Waals surface area contributed by atoms with Crippen LogP contribution in [0, 0.1) is 5.41 Å². The normalized spacial score (nSPS) is 16.4. The summed E-state index contributed by atoms with van der Waals surface area (Å²) in [5.74, 6) is 0.359. The second-order valence-corrected chi connectivity index (χ2v) is 8.57. The first-order valence-electron chi connectivity index (χ1n) is 8.43.